The van der Waals surface area contributed by atoms with Gasteiger partial charge in [-0.3, -0.25) is 8.61 Å². The zero-order valence-corrected chi connectivity index (χ0v) is 19.6. The summed E-state index contributed by atoms with van der Waals surface area (Å²) in [4.78, 5) is 15.8. The van der Waals surface area contributed by atoms with Crippen molar-refractivity contribution < 1.29 is 12.6 Å². The second kappa shape index (κ2) is 7.86. The quantitative estimate of drug-likeness (QED) is 0.584. The number of imidazole rings is 1. The first-order chi connectivity index (χ1) is 14.5. The van der Waals surface area contributed by atoms with E-state index < -0.39 is 19.6 Å². The Balaban J connectivity index is 1.71. The van der Waals surface area contributed by atoms with Gasteiger partial charge in [-0.05, 0) is 30.5 Å². The second-order valence-corrected chi connectivity index (χ2v) is 13.0. The van der Waals surface area contributed by atoms with Crippen molar-refractivity contribution in [3.8, 4) is 11.5 Å². The molecule has 1 aliphatic heterocycles. The average Bonchev–Trinajstić information content (AvgIpc) is 3.09. The minimum atomic E-state index is -3.36. The topological polar surface area (TPSA) is 110 Å². The number of hydrogen-bond donors (Lipinski definition) is 0. The lowest BCUT2D eigenvalue weighted by Gasteiger charge is -2.35. The highest BCUT2D eigenvalue weighted by atomic mass is 32.2. The van der Waals surface area contributed by atoms with E-state index in [9.17, 15) is 12.6 Å². The van der Waals surface area contributed by atoms with Crippen molar-refractivity contribution in [1.29, 1.82) is 0 Å². The van der Waals surface area contributed by atoms with Gasteiger partial charge in [0.25, 0.3) is 0 Å². The van der Waals surface area contributed by atoms with Gasteiger partial charge in [-0.15, -0.1) is 0 Å². The van der Waals surface area contributed by atoms with Crippen molar-refractivity contribution in [3.05, 3.63) is 36.8 Å². The Bertz CT molecular complexity index is 1350. The van der Waals surface area contributed by atoms with E-state index in [-0.39, 0.29) is 10.9 Å². The fourth-order valence-electron chi connectivity index (χ4n) is 3.94. The van der Waals surface area contributed by atoms with E-state index in [4.69, 9.17) is 4.98 Å². The van der Waals surface area contributed by atoms with Gasteiger partial charge < -0.3 is 4.90 Å². The van der Waals surface area contributed by atoms with E-state index in [1.54, 1.807) is 41.6 Å². The summed E-state index contributed by atoms with van der Waals surface area (Å²) >= 11 is 0. The van der Waals surface area contributed by atoms with Crippen LogP contribution in [0.1, 0.15) is 13.3 Å². The van der Waals surface area contributed by atoms with Gasteiger partial charge >= 0.3 is 0 Å². The van der Waals surface area contributed by atoms with Gasteiger partial charge in [0.15, 0.2) is 15.7 Å². The van der Waals surface area contributed by atoms with Crippen LogP contribution in [0.15, 0.2) is 46.0 Å². The Morgan fingerprint density at radius 2 is 1.84 bits per heavy atom. The maximum absolute atomic E-state index is 12.2. The normalized spacial score (nSPS) is 20.2. The number of aromatic nitrogens is 4. The molecule has 0 aromatic carbocycles. The van der Waals surface area contributed by atoms with E-state index in [1.165, 1.54) is 12.3 Å². The molecule has 0 amide bonds. The average molecular weight is 463 g/mol. The van der Waals surface area contributed by atoms with Crippen LogP contribution in [0.5, 0.6) is 0 Å². The zero-order chi connectivity index (χ0) is 22.4. The Labute approximate surface area is 182 Å². The maximum atomic E-state index is 12.2. The van der Waals surface area contributed by atoms with Crippen LogP contribution >= 0.6 is 0 Å². The summed E-state index contributed by atoms with van der Waals surface area (Å²) in [5.74, 6) is 1.60. The first kappa shape index (κ1) is 21.7. The standard InChI is InChI=1S/C20H26N6O3S2/c1-14-9-15(24-30(2,3)27)12-25(11-14)19-7-8-21-20(23-19)17-10-22-18-6-5-16(13-26(17)18)31(4,28)29/h5-8,10,13-15H,9,11-12H2,1-4H3/t14-,15+/m0/s1. The molecule has 11 heteroatoms. The fraction of sp³-hybridized carbons (Fsp3) is 0.450. The molecule has 0 spiro atoms. The predicted octanol–water partition coefficient (Wildman–Crippen LogP) is 2.14. The van der Waals surface area contributed by atoms with E-state index in [2.05, 4.69) is 26.2 Å². The van der Waals surface area contributed by atoms with Crippen LogP contribution in [-0.4, -0.2) is 69.9 Å². The number of hydrogen-bond acceptors (Lipinski definition) is 8. The van der Waals surface area contributed by atoms with Crippen LogP contribution in [0, 0.1) is 5.92 Å². The van der Waals surface area contributed by atoms with Gasteiger partial charge in [0.2, 0.25) is 0 Å². The molecule has 1 fully saturated rings. The van der Waals surface area contributed by atoms with Crippen LogP contribution in [0.4, 0.5) is 5.82 Å². The summed E-state index contributed by atoms with van der Waals surface area (Å²) in [5, 5.41) is 0. The Morgan fingerprint density at radius 3 is 2.55 bits per heavy atom. The highest BCUT2D eigenvalue weighted by molar-refractivity contribution is 7.92. The van der Waals surface area contributed by atoms with Crippen molar-refractivity contribution >= 4 is 31.0 Å². The number of sulfone groups is 1. The lowest BCUT2D eigenvalue weighted by Crippen LogP contribution is -2.42. The molecule has 0 unspecified atom stereocenters. The molecule has 9 nitrogen and oxygen atoms in total. The third-order valence-corrected chi connectivity index (χ3v) is 7.04. The van der Waals surface area contributed by atoms with E-state index in [0.29, 0.717) is 29.6 Å². The molecular formula is C20H26N6O3S2. The lowest BCUT2D eigenvalue weighted by atomic mass is 9.97. The number of anilines is 1. The summed E-state index contributed by atoms with van der Waals surface area (Å²) in [6.07, 6.45) is 10.3. The third kappa shape index (κ3) is 4.87. The highest BCUT2D eigenvalue weighted by Gasteiger charge is 2.26. The summed E-state index contributed by atoms with van der Waals surface area (Å²) in [7, 11) is -5.54. The molecule has 3 aromatic rings. The van der Waals surface area contributed by atoms with Crippen molar-refractivity contribution in [2.45, 2.75) is 24.3 Å². The lowest BCUT2D eigenvalue weighted by molar-refractivity contribution is 0.402. The third-order valence-electron chi connectivity index (χ3n) is 5.14. The second-order valence-electron chi connectivity index (χ2n) is 8.43. The number of nitrogens with zero attached hydrogens (tertiary/aromatic N) is 6. The maximum Gasteiger partial charge on any atom is 0.180 e. The zero-order valence-electron chi connectivity index (χ0n) is 18.0. The molecule has 0 saturated carbocycles. The van der Waals surface area contributed by atoms with Gasteiger partial charge in [0.05, 0.1) is 17.1 Å². The van der Waals surface area contributed by atoms with Crippen LogP contribution in [0.2, 0.25) is 0 Å². The van der Waals surface area contributed by atoms with E-state index in [1.807, 2.05) is 6.07 Å². The number of rotatable bonds is 4. The van der Waals surface area contributed by atoms with Crippen molar-refractivity contribution in [2.75, 3.05) is 36.8 Å². The molecular weight excluding hydrogens is 436 g/mol. The molecule has 31 heavy (non-hydrogen) atoms. The molecule has 166 valence electrons. The minimum absolute atomic E-state index is 0.0159. The molecule has 0 bridgehead atoms. The summed E-state index contributed by atoms with van der Waals surface area (Å²) in [5.41, 5.74) is 1.22. The Hall–Kier alpha value is -2.53. The summed E-state index contributed by atoms with van der Waals surface area (Å²) in [6.45, 7) is 3.62. The number of piperidine rings is 1. The monoisotopic (exact) mass is 462 g/mol. The first-order valence-electron chi connectivity index (χ1n) is 9.91. The molecule has 0 N–H and O–H groups in total. The molecule has 0 aliphatic carbocycles. The van der Waals surface area contributed by atoms with Crippen LogP contribution in [0.3, 0.4) is 0 Å². The van der Waals surface area contributed by atoms with Gasteiger partial charge in [0.1, 0.15) is 17.2 Å². The van der Waals surface area contributed by atoms with Crippen molar-refractivity contribution in [2.24, 2.45) is 10.3 Å². The summed E-state index contributed by atoms with van der Waals surface area (Å²) < 4.78 is 42.3. The Kier molecular flexibility index (Phi) is 5.50. The molecule has 4 heterocycles. The predicted molar refractivity (Wildman–Crippen MR) is 122 cm³/mol. The molecule has 1 saturated heterocycles. The van der Waals surface area contributed by atoms with E-state index >= 15 is 0 Å². The molecule has 3 aromatic heterocycles. The van der Waals surface area contributed by atoms with Crippen LogP contribution in [0.25, 0.3) is 17.2 Å². The molecule has 4 rings (SSSR count). The van der Waals surface area contributed by atoms with Crippen molar-refractivity contribution in [1.82, 2.24) is 19.4 Å². The minimum Gasteiger partial charge on any atom is -0.354 e. The van der Waals surface area contributed by atoms with Crippen molar-refractivity contribution in [3.63, 3.8) is 0 Å². The van der Waals surface area contributed by atoms with Crippen LogP contribution in [-0.2, 0) is 19.6 Å². The fourth-order valence-corrected chi connectivity index (χ4v) is 5.42. The van der Waals surface area contributed by atoms with Gasteiger partial charge in [-0.2, -0.15) is 0 Å². The molecule has 2 atom stereocenters. The SMILES string of the molecule is C[C@H]1C[C@@H](N=S(C)(C)=O)CN(c2ccnc(-c3cnc4ccc(S(C)(=O)=O)cn34)n2)C1. The first-order valence-corrected chi connectivity index (χ1v) is 14.1. The summed E-state index contributed by atoms with van der Waals surface area (Å²) in [6, 6.07) is 5.03. The Morgan fingerprint density at radius 1 is 1.06 bits per heavy atom. The molecule has 0 radical (unpaired) electrons. The van der Waals surface area contributed by atoms with E-state index in [0.717, 1.165) is 18.8 Å². The largest absolute Gasteiger partial charge is 0.354 e. The van der Waals surface area contributed by atoms with Gasteiger partial charge in [-0.25, -0.2) is 27.7 Å². The smallest absolute Gasteiger partial charge is 0.180 e. The van der Waals surface area contributed by atoms with Crippen LogP contribution < -0.4 is 4.90 Å². The number of pyridine rings is 1. The highest BCUT2D eigenvalue weighted by Crippen LogP contribution is 2.26. The van der Waals surface area contributed by atoms with Gasteiger partial charge in [0, 0.05) is 54.0 Å². The van der Waals surface area contributed by atoms with Gasteiger partial charge in [-0.1, -0.05) is 6.92 Å². The number of fused-ring (bicyclic) bond motifs is 1. The molecule has 1 aliphatic rings.